The summed E-state index contributed by atoms with van der Waals surface area (Å²) >= 11 is 0. The Morgan fingerprint density at radius 3 is 3.19 bits per heavy atom. The molecule has 0 N–H and O–H groups in total. The predicted octanol–water partition coefficient (Wildman–Crippen LogP) is 0.333. The van der Waals surface area contributed by atoms with Crippen LogP contribution < -0.4 is 0 Å². The summed E-state index contributed by atoms with van der Waals surface area (Å²) in [6, 6.07) is 7.55. The summed E-state index contributed by atoms with van der Waals surface area (Å²) in [6.07, 6.45) is 1.16. The van der Waals surface area contributed by atoms with Gasteiger partial charge in [0.15, 0.2) is 6.10 Å². The lowest BCUT2D eigenvalue weighted by molar-refractivity contribution is -0.146. The number of ether oxygens (including phenoxy) is 1. The molecule has 1 aromatic rings. The number of pyridine rings is 1. The zero-order chi connectivity index (χ0) is 11.4. The summed E-state index contributed by atoms with van der Waals surface area (Å²) in [6.45, 7) is 0.720. The van der Waals surface area contributed by atoms with Crippen LogP contribution in [0.25, 0.3) is 0 Å². The van der Waals surface area contributed by atoms with Gasteiger partial charge in [-0.05, 0) is 12.1 Å². The van der Waals surface area contributed by atoms with Gasteiger partial charge in [-0.25, -0.2) is 0 Å². The molecule has 1 atom stereocenters. The van der Waals surface area contributed by atoms with E-state index < -0.39 is 6.10 Å². The van der Waals surface area contributed by atoms with Crippen LogP contribution in [0.4, 0.5) is 0 Å². The van der Waals surface area contributed by atoms with Gasteiger partial charge in [-0.1, -0.05) is 6.07 Å². The minimum absolute atomic E-state index is 0.0228. The summed E-state index contributed by atoms with van der Waals surface area (Å²) < 4.78 is 5.03. The molecule has 1 fully saturated rings. The Labute approximate surface area is 93.3 Å². The van der Waals surface area contributed by atoms with Crippen molar-refractivity contribution in [2.75, 3.05) is 13.2 Å². The minimum Gasteiger partial charge on any atom is -0.352 e. The first-order valence-corrected chi connectivity index (χ1v) is 4.98. The van der Waals surface area contributed by atoms with Crippen LogP contribution in [0.2, 0.25) is 0 Å². The fourth-order valence-electron chi connectivity index (χ4n) is 1.54. The topological polar surface area (TPSA) is 66.2 Å². The van der Waals surface area contributed by atoms with E-state index in [1.54, 1.807) is 11.1 Å². The first-order chi connectivity index (χ1) is 7.79. The molecule has 1 amide bonds. The number of aromatic nitrogens is 1. The molecule has 1 saturated heterocycles. The molecule has 5 nitrogen and oxygen atoms in total. The van der Waals surface area contributed by atoms with Crippen LogP contribution in [-0.4, -0.2) is 35.0 Å². The fraction of sp³-hybridized carbons (Fsp3) is 0.364. The molecular formula is C11H11N3O2. The van der Waals surface area contributed by atoms with Crippen molar-refractivity contribution in [1.29, 1.82) is 5.26 Å². The molecule has 1 aliphatic rings. The van der Waals surface area contributed by atoms with E-state index in [9.17, 15) is 4.79 Å². The van der Waals surface area contributed by atoms with E-state index in [0.717, 1.165) is 5.69 Å². The van der Waals surface area contributed by atoms with Crippen LogP contribution >= 0.6 is 0 Å². The van der Waals surface area contributed by atoms with E-state index >= 15 is 0 Å². The molecule has 1 aromatic heterocycles. The van der Waals surface area contributed by atoms with E-state index in [2.05, 4.69) is 4.98 Å². The maximum atomic E-state index is 11.5. The molecule has 16 heavy (non-hydrogen) atoms. The van der Waals surface area contributed by atoms with Gasteiger partial charge in [-0.3, -0.25) is 9.78 Å². The molecule has 5 heteroatoms. The summed E-state index contributed by atoms with van der Waals surface area (Å²) in [7, 11) is 0. The van der Waals surface area contributed by atoms with Gasteiger partial charge in [0.25, 0.3) is 0 Å². The molecule has 0 aliphatic carbocycles. The molecule has 0 bridgehead atoms. The summed E-state index contributed by atoms with van der Waals surface area (Å²) in [5.41, 5.74) is 0.814. The first kappa shape index (κ1) is 10.6. The monoisotopic (exact) mass is 217 g/mol. The van der Waals surface area contributed by atoms with E-state index in [1.807, 2.05) is 24.3 Å². The highest BCUT2D eigenvalue weighted by Gasteiger charge is 2.26. The van der Waals surface area contributed by atoms with Crippen LogP contribution in [0.3, 0.4) is 0 Å². The first-order valence-electron chi connectivity index (χ1n) is 4.98. The molecular weight excluding hydrogens is 206 g/mol. The summed E-state index contributed by atoms with van der Waals surface area (Å²) in [5.74, 6) is -0.0999. The number of rotatable bonds is 2. The number of hydrogen-bond acceptors (Lipinski definition) is 4. The number of amides is 1. The third-order valence-electron chi connectivity index (χ3n) is 2.37. The number of nitrogens with zero attached hydrogens (tertiary/aromatic N) is 3. The second-order valence-corrected chi connectivity index (χ2v) is 3.52. The SMILES string of the molecule is N#CC1CN(Cc2ccccn2)C(=O)CO1. The molecule has 82 valence electrons. The fourth-order valence-corrected chi connectivity index (χ4v) is 1.54. The standard InChI is InChI=1S/C11H11N3O2/c12-5-10-7-14(11(15)8-16-10)6-9-3-1-2-4-13-9/h1-4,10H,6-8H2. The molecule has 0 saturated carbocycles. The van der Waals surface area contributed by atoms with Gasteiger partial charge < -0.3 is 9.64 Å². The van der Waals surface area contributed by atoms with Gasteiger partial charge in [0.2, 0.25) is 5.91 Å². The van der Waals surface area contributed by atoms with Crippen LogP contribution in [0.15, 0.2) is 24.4 Å². The van der Waals surface area contributed by atoms with Crippen LogP contribution in [0.5, 0.6) is 0 Å². The molecule has 2 heterocycles. The Hall–Kier alpha value is -1.93. The maximum absolute atomic E-state index is 11.5. The number of carbonyl (C=O) groups excluding carboxylic acids is 1. The van der Waals surface area contributed by atoms with Gasteiger partial charge >= 0.3 is 0 Å². The Bertz CT molecular complexity index is 413. The molecule has 1 unspecified atom stereocenters. The quantitative estimate of drug-likeness (QED) is 0.716. The van der Waals surface area contributed by atoms with Crippen molar-refractivity contribution in [3.63, 3.8) is 0 Å². The largest absolute Gasteiger partial charge is 0.352 e. The highest BCUT2D eigenvalue weighted by molar-refractivity contribution is 5.78. The third kappa shape index (κ3) is 2.35. The normalized spacial score (nSPS) is 20.6. The number of morpholine rings is 1. The summed E-state index contributed by atoms with van der Waals surface area (Å²) in [4.78, 5) is 17.3. The maximum Gasteiger partial charge on any atom is 0.249 e. The Kier molecular flexibility index (Phi) is 3.13. The van der Waals surface area contributed by atoms with Gasteiger partial charge in [0.1, 0.15) is 6.61 Å². The number of carbonyl (C=O) groups is 1. The van der Waals surface area contributed by atoms with Crippen LogP contribution in [-0.2, 0) is 16.1 Å². The molecule has 2 rings (SSSR count). The predicted molar refractivity (Wildman–Crippen MR) is 55.0 cm³/mol. The Morgan fingerprint density at radius 1 is 1.62 bits per heavy atom. The van der Waals surface area contributed by atoms with Crippen LogP contribution in [0.1, 0.15) is 5.69 Å². The van der Waals surface area contributed by atoms with Gasteiger partial charge in [-0.2, -0.15) is 5.26 Å². The average Bonchev–Trinajstić information content (AvgIpc) is 2.33. The lowest BCUT2D eigenvalue weighted by atomic mass is 10.2. The average molecular weight is 217 g/mol. The lowest BCUT2D eigenvalue weighted by Crippen LogP contribution is -2.45. The summed E-state index contributed by atoms with van der Waals surface area (Å²) in [5, 5.41) is 8.73. The second-order valence-electron chi connectivity index (χ2n) is 3.52. The van der Waals surface area contributed by atoms with Crippen molar-refractivity contribution in [2.45, 2.75) is 12.6 Å². The zero-order valence-electron chi connectivity index (χ0n) is 8.67. The zero-order valence-corrected chi connectivity index (χ0v) is 8.67. The molecule has 0 aromatic carbocycles. The van der Waals surface area contributed by atoms with E-state index in [0.29, 0.717) is 13.1 Å². The Morgan fingerprint density at radius 2 is 2.50 bits per heavy atom. The van der Waals surface area contributed by atoms with Gasteiger partial charge in [0, 0.05) is 6.20 Å². The van der Waals surface area contributed by atoms with Crippen molar-refractivity contribution >= 4 is 5.91 Å². The molecule has 0 radical (unpaired) electrons. The highest BCUT2D eigenvalue weighted by atomic mass is 16.5. The second kappa shape index (κ2) is 4.73. The van der Waals surface area contributed by atoms with Crippen molar-refractivity contribution < 1.29 is 9.53 Å². The van der Waals surface area contributed by atoms with E-state index in [-0.39, 0.29) is 12.5 Å². The molecule has 0 spiro atoms. The van der Waals surface area contributed by atoms with Crippen molar-refractivity contribution in [2.24, 2.45) is 0 Å². The van der Waals surface area contributed by atoms with Gasteiger partial charge in [-0.15, -0.1) is 0 Å². The smallest absolute Gasteiger partial charge is 0.249 e. The third-order valence-corrected chi connectivity index (χ3v) is 2.37. The van der Waals surface area contributed by atoms with Crippen molar-refractivity contribution in [3.8, 4) is 6.07 Å². The Balaban J connectivity index is 2.03. The van der Waals surface area contributed by atoms with Gasteiger partial charge in [0.05, 0.1) is 24.9 Å². The number of hydrogen-bond donors (Lipinski definition) is 0. The lowest BCUT2D eigenvalue weighted by Gasteiger charge is -2.29. The highest BCUT2D eigenvalue weighted by Crippen LogP contribution is 2.09. The van der Waals surface area contributed by atoms with Crippen molar-refractivity contribution in [3.05, 3.63) is 30.1 Å². The van der Waals surface area contributed by atoms with E-state index in [1.165, 1.54) is 0 Å². The van der Waals surface area contributed by atoms with Crippen molar-refractivity contribution in [1.82, 2.24) is 9.88 Å². The van der Waals surface area contributed by atoms with E-state index in [4.69, 9.17) is 10.00 Å². The van der Waals surface area contributed by atoms with Crippen LogP contribution in [0, 0.1) is 11.3 Å². The number of nitriles is 1. The molecule has 1 aliphatic heterocycles. The minimum atomic E-state index is -0.526.